The Morgan fingerprint density at radius 2 is 2.25 bits per heavy atom. The SMILES string of the molecule is CC1=NC2=C=CC=C=CCN2C(N)=C1Cc1ccc(C#N)c(OCCCF)n1. The van der Waals surface area contributed by atoms with Crippen LogP contribution in [0, 0.1) is 11.3 Å². The summed E-state index contributed by atoms with van der Waals surface area (Å²) in [7, 11) is 0. The molecule has 1 aromatic heterocycles. The van der Waals surface area contributed by atoms with E-state index in [1.165, 1.54) is 0 Å². The predicted molar refractivity (Wildman–Crippen MR) is 104 cm³/mol. The molecule has 0 radical (unpaired) electrons. The molecule has 2 aliphatic heterocycles. The van der Waals surface area contributed by atoms with Gasteiger partial charge < -0.3 is 15.4 Å². The Bertz CT molecular complexity index is 1000. The first-order valence-electron chi connectivity index (χ1n) is 8.91. The van der Waals surface area contributed by atoms with Crippen LogP contribution in [0.3, 0.4) is 0 Å². The fourth-order valence-electron chi connectivity index (χ4n) is 2.82. The van der Waals surface area contributed by atoms with Gasteiger partial charge in [0.25, 0.3) is 0 Å². The Hall–Kier alpha value is -3.58. The fourth-order valence-corrected chi connectivity index (χ4v) is 2.82. The van der Waals surface area contributed by atoms with Gasteiger partial charge in [-0.25, -0.2) is 9.98 Å². The quantitative estimate of drug-likeness (QED) is 0.608. The molecule has 0 unspecified atom stereocenters. The molecular weight excluding hydrogens is 357 g/mol. The lowest BCUT2D eigenvalue weighted by molar-refractivity contribution is 0.279. The lowest BCUT2D eigenvalue weighted by atomic mass is 10.0. The molecule has 0 aliphatic carbocycles. The van der Waals surface area contributed by atoms with Gasteiger partial charge in [-0.15, -0.1) is 5.73 Å². The van der Waals surface area contributed by atoms with Gasteiger partial charge in [-0.05, 0) is 37.3 Å². The van der Waals surface area contributed by atoms with Gasteiger partial charge in [0.2, 0.25) is 5.88 Å². The van der Waals surface area contributed by atoms with E-state index < -0.39 is 6.67 Å². The second-order valence-electron chi connectivity index (χ2n) is 6.18. The monoisotopic (exact) mass is 377 g/mol. The molecule has 7 heteroatoms. The van der Waals surface area contributed by atoms with Crippen LogP contribution < -0.4 is 10.5 Å². The van der Waals surface area contributed by atoms with Crippen molar-refractivity contribution in [1.82, 2.24) is 9.88 Å². The van der Waals surface area contributed by atoms with Gasteiger partial charge in [-0.3, -0.25) is 4.39 Å². The van der Waals surface area contributed by atoms with Gasteiger partial charge in [-0.2, -0.15) is 5.26 Å². The Morgan fingerprint density at radius 1 is 1.39 bits per heavy atom. The highest BCUT2D eigenvalue weighted by molar-refractivity contribution is 6.00. The largest absolute Gasteiger partial charge is 0.477 e. The number of hydrogen-bond acceptors (Lipinski definition) is 6. The maximum atomic E-state index is 12.3. The van der Waals surface area contributed by atoms with E-state index in [2.05, 4.69) is 21.4 Å². The van der Waals surface area contributed by atoms with Crippen molar-refractivity contribution in [2.45, 2.75) is 19.8 Å². The first-order chi connectivity index (χ1) is 13.6. The first kappa shape index (κ1) is 19.2. The van der Waals surface area contributed by atoms with E-state index in [1.807, 2.05) is 24.0 Å². The number of halogens is 1. The summed E-state index contributed by atoms with van der Waals surface area (Å²) in [5.74, 6) is 1.44. The number of fused-ring (bicyclic) bond motifs is 1. The van der Waals surface area contributed by atoms with Crippen molar-refractivity contribution < 1.29 is 9.13 Å². The first-order valence-corrected chi connectivity index (χ1v) is 8.91. The number of nitriles is 1. The maximum Gasteiger partial charge on any atom is 0.231 e. The molecule has 0 bridgehead atoms. The van der Waals surface area contributed by atoms with Crippen molar-refractivity contribution in [2.24, 2.45) is 10.7 Å². The van der Waals surface area contributed by atoms with Crippen molar-refractivity contribution in [3.63, 3.8) is 0 Å². The number of rotatable bonds is 6. The summed E-state index contributed by atoms with van der Waals surface area (Å²) in [6, 6.07) is 5.45. The fraction of sp³-hybridized carbons (Fsp3) is 0.286. The predicted octanol–water partition coefficient (Wildman–Crippen LogP) is 2.90. The highest BCUT2D eigenvalue weighted by atomic mass is 19.1. The minimum atomic E-state index is -0.482. The van der Waals surface area contributed by atoms with Crippen LogP contribution in [0.25, 0.3) is 0 Å². The molecule has 0 saturated heterocycles. The number of nitrogens with two attached hydrogens (primary N) is 1. The van der Waals surface area contributed by atoms with E-state index in [9.17, 15) is 9.65 Å². The summed E-state index contributed by atoms with van der Waals surface area (Å²) in [4.78, 5) is 10.9. The molecule has 28 heavy (non-hydrogen) atoms. The topological polar surface area (TPSA) is 87.5 Å². The highest BCUT2D eigenvalue weighted by Gasteiger charge is 2.23. The summed E-state index contributed by atoms with van der Waals surface area (Å²) in [5.41, 5.74) is 15.2. The summed E-state index contributed by atoms with van der Waals surface area (Å²) >= 11 is 0. The molecule has 0 fully saturated rings. The van der Waals surface area contributed by atoms with Crippen LogP contribution >= 0.6 is 0 Å². The summed E-state index contributed by atoms with van der Waals surface area (Å²) in [5, 5.41) is 9.23. The lowest BCUT2D eigenvalue weighted by Crippen LogP contribution is -2.33. The van der Waals surface area contributed by atoms with Gasteiger partial charge in [-0.1, -0.05) is 5.73 Å². The minimum Gasteiger partial charge on any atom is -0.477 e. The number of aliphatic imine (C=N–C) groups is 1. The number of aromatic nitrogens is 1. The number of hydrogen-bond donors (Lipinski definition) is 1. The van der Waals surface area contributed by atoms with Gasteiger partial charge in [0.05, 0.1) is 19.8 Å². The van der Waals surface area contributed by atoms with Gasteiger partial charge in [0.15, 0.2) is 5.82 Å². The molecule has 142 valence electrons. The van der Waals surface area contributed by atoms with E-state index in [1.54, 1.807) is 24.3 Å². The molecule has 3 heterocycles. The molecule has 2 aliphatic rings. The highest BCUT2D eigenvalue weighted by Crippen LogP contribution is 2.25. The van der Waals surface area contributed by atoms with Crippen LogP contribution in [0.2, 0.25) is 0 Å². The zero-order chi connectivity index (χ0) is 19.9. The van der Waals surface area contributed by atoms with Gasteiger partial charge in [0, 0.05) is 29.8 Å². The molecule has 1 aromatic rings. The minimum absolute atomic E-state index is 0.168. The third-order valence-corrected chi connectivity index (χ3v) is 4.26. The Balaban J connectivity index is 1.89. The number of ether oxygens (including phenoxy) is 1. The Kier molecular flexibility index (Phi) is 6.08. The van der Waals surface area contributed by atoms with Crippen molar-refractivity contribution in [1.29, 1.82) is 5.26 Å². The standard InChI is InChI=1S/C21H20FN5O/c1-15-18(20(24)27-11-5-3-2-4-7-19(27)25-15)13-17-9-8-16(14-23)21(26-17)28-12-6-10-22/h2,4-5,8-9H,6,10-13,24H2,1H3. The second-order valence-corrected chi connectivity index (χ2v) is 6.18. The second kappa shape index (κ2) is 8.88. The number of alkyl halides is 1. The normalized spacial score (nSPS) is 15.4. The Morgan fingerprint density at radius 3 is 3.04 bits per heavy atom. The summed E-state index contributed by atoms with van der Waals surface area (Å²) in [6.07, 6.45) is 6.07. The molecule has 6 nitrogen and oxygen atoms in total. The van der Waals surface area contributed by atoms with E-state index >= 15 is 0 Å². The van der Waals surface area contributed by atoms with Crippen molar-refractivity contribution in [3.8, 4) is 11.9 Å². The van der Waals surface area contributed by atoms with Crippen LogP contribution in [-0.4, -0.2) is 35.4 Å². The van der Waals surface area contributed by atoms with E-state index in [0.29, 0.717) is 35.9 Å². The third kappa shape index (κ3) is 4.21. The van der Waals surface area contributed by atoms with E-state index in [-0.39, 0.29) is 18.9 Å². The van der Waals surface area contributed by atoms with Crippen LogP contribution in [-0.2, 0) is 6.42 Å². The van der Waals surface area contributed by atoms with Crippen LogP contribution in [0.5, 0.6) is 5.88 Å². The Labute approximate surface area is 163 Å². The third-order valence-electron chi connectivity index (χ3n) is 4.26. The lowest BCUT2D eigenvalue weighted by Gasteiger charge is -2.29. The molecule has 0 amide bonds. The molecule has 0 saturated carbocycles. The average molecular weight is 377 g/mol. The van der Waals surface area contributed by atoms with Gasteiger partial charge >= 0.3 is 0 Å². The molecule has 2 N–H and O–H groups in total. The summed E-state index contributed by atoms with van der Waals surface area (Å²) in [6.45, 7) is 2.11. The van der Waals surface area contributed by atoms with E-state index in [4.69, 9.17) is 10.5 Å². The van der Waals surface area contributed by atoms with Crippen LogP contribution in [0.4, 0.5) is 4.39 Å². The molecule has 3 rings (SSSR count). The summed E-state index contributed by atoms with van der Waals surface area (Å²) < 4.78 is 17.8. The molecule has 0 aromatic carbocycles. The smallest absolute Gasteiger partial charge is 0.231 e. The van der Waals surface area contributed by atoms with Crippen molar-refractivity contribution in [3.05, 3.63) is 70.3 Å². The van der Waals surface area contributed by atoms with Crippen LogP contribution in [0.1, 0.15) is 24.6 Å². The number of allylic oxidation sites excluding steroid dienone is 2. The zero-order valence-electron chi connectivity index (χ0n) is 15.6. The number of nitrogens with zero attached hydrogens (tertiary/aromatic N) is 4. The average Bonchev–Trinajstić information content (AvgIpc) is 2.67. The van der Waals surface area contributed by atoms with Gasteiger partial charge in [0.1, 0.15) is 17.5 Å². The molecule has 0 spiro atoms. The van der Waals surface area contributed by atoms with Crippen LogP contribution in [0.15, 0.2) is 64.0 Å². The van der Waals surface area contributed by atoms with E-state index in [0.717, 1.165) is 11.3 Å². The molecular formula is C21H20FN5O. The van der Waals surface area contributed by atoms with Crippen molar-refractivity contribution >= 4 is 5.71 Å². The molecule has 0 atom stereocenters. The number of pyridine rings is 1. The zero-order valence-corrected chi connectivity index (χ0v) is 15.6. The van der Waals surface area contributed by atoms with Crippen molar-refractivity contribution in [2.75, 3.05) is 19.8 Å². The maximum absolute atomic E-state index is 12.3.